The Morgan fingerprint density at radius 1 is 1.30 bits per heavy atom. The lowest BCUT2D eigenvalue weighted by molar-refractivity contribution is 0.0699. The summed E-state index contributed by atoms with van der Waals surface area (Å²) in [5.41, 5.74) is 5.38. The number of anilines is 1. The molecular formula is C12H19FN2O4S. The van der Waals surface area contributed by atoms with Crippen molar-refractivity contribution in [2.75, 3.05) is 39.2 Å². The predicted octanol–water partition coefficient (Wildman–Crippen LogP) is 0.739. The highest BCUT2D eigenvalue weighted by molar-refractivity contribution is 7.89. The first-order valence-electron chi connectivity index (χ1n) is 6.09. The summed E-state index contributed by atoms with van der Waals surface area (Å²) in [6.45, 7) is 1.60. The van der Waals surface area contributed by atoms with E-state index in [4.69, 9.17) is 15.2 Å². The molecule has 0 fully saturated rings. The van der Waals surface area contributed by atoms with E-state index in [0.29, 0.717) is 26.2 Å². The molecule has 0 saturated carbocycles. The molecule has 0 amide bonds. The second-order valence-corrected chi connectivity index (χ2v) is 5.77. The van der Waals surface area contributed by atoms with E-state index >= 15 is 0 Å². The minimum absolute atomic E-state index is 0.117. The fraction of sp³-hybridized carbons (Fsp3) is 0.500. The lowest BCUT2D eigenvalue weighted by Crippen LogP contribution is -2.26. The van der Waals surface area contributed by atoms with Crippen molar-refractivity contribution in [2.45, 2.75) is 11.3 Å². The van der Waals surface area contributed by atoms with Gasteiger partial charge in [0.05, 0.1) is 18.9 Å². The van der Waals surface area contributed by atoms with Crippen LogP contribution in [0.4, 0.5) is 10.1 Å². The first kappa shape index (κ1) is 16.8. The molecule has 114 valence electrons. The third-order valence-corrected chi connectivity index (χ3v) is 3.99. The van der Waals surface area contributed by atoms with Gasteiger partial charge >= 0.3 is 0 Å². The molecule has 0 aliphatic carbocycles. The number of methoxy groups -OCH3 is 1. The van der Waals surface area contributed by atoms with Gasteiger partial charge in [-0.25, -0.2) is 17.5 Å². The van der Waals surface area contributed by atoms with Crippen molar-refractivity contribution < 1.29 is 22.3 Å². The van der Waals surface area contributed by atoms with Crippen LogP contribution >= 0.6 is 0 Å². The highest BCUT2D eigenvalue weighted by atomic mass is 32.2. The quantitative estimate of drug-likeness (QED) is 0.519. The molecule has 1 rings (SSSR count). The number of halogens is 1. The third-order valence-electron chi connectivity index (χ3n) is 2.45. The van der Waals surface area contributed by atoms with Crippen molar-refractivity contribution in [3.63, 3.8) is 0 Å². The number of ether oxygens (including phenoxy) is 2. The van der Waals surface area contributed by atoms with Crippen molar-refractivity contribution >= 4 is 15.7 Å². The van der Waals surface area contributed by atoms with Gasteiger partial charge in [0.25, 0.3) is 0 Å². The van der Waals surface area contributed by atoms with Crippen molar-refractivity contribution in [2.24, 2.45) is 0 Å². The Labute approximate surface area is 118 Å². The maximum Gasteiger partial charge on any atom is 0.242 e. The van der Waals surface area contributed by atoms with Crippen LogP contribution in [0.25, 0.3) is 0 Å². The number of hydrogen-bond donors (Lipinski definition) is 2. The summed E-state index contributed by atoms with van der Waals surface area (Å²) >= 11 is 0. The van der Waals surface area contributed by atoms with E-state index < -0.39 is 15.8 Å². The summed E-state index contributed by atoms with van der Waals surface area (Å²) in [6, 6.07) is 3.17. The number of rotatable bonds is 9. The molecule has 0 atom stereocenters. The Bertz CT molecular complexity index is 522. The van der Waals surface area contributed by atoms with Gasteiger partial charge in [0.1, 0.15) is 10.7 Å². The number of nitrogens with two attached hydrogens (primary N) is 1. The van der Waals surface area contributed by atoms with E-state index in [1.807, 2.05) is 0 Å². The van der Waals surface area contributed by atoms with Crippen molar-refractivity contribution in [3.05, 3.63) is 24.0 Å². The molecule has 0 saturated heterocycles. The van der Waals surface area contributed by atoms with Gasteiger partial charge in [0, 0.05) is 20.3 Å². The van der Waals surface area contributed by atoms with E-state index in [1.54, 1.807) is 7.11 Å². The number of sulfonamides is 1. The normalized spacial score (nSPS) is 11.7. The second-order valence-electron chi connectivity index (χ2n) is 4.04. The maximum atomic E-state index is 12.9. The molecule has 0 radical (unpaired) electrons. The zero-order valence-corrected chi connectivity index (χ0v) is 12.1. The molecular weight excluding hydrogens is 287 g/mol. The third kappa shape index (κ3) is 5.41. The first-order chi connectivity index (χ1) is 9.47. The molecule has 1 aromatic rings. The largest absolute Gasteiger partial charge is 0.398 e. The molecule has 0 spiro atoms. The topological polar surface area (TPSA) is 90.6 Å². The van der Waals surface area contributed by atoms with Crippen molar-refractivity contribution in [1.29, 1.82) is 0 Å². The fourth-order valence-corrected chi connectivity index (χ4v) is 2.65. The van der Waals surface area contributed by atoms with E-state index in [9.17, 15) is 12.8 Å². The Morgan fingerprint density at radius 2 is 2.05 bits per heavy atom. The van der Waals surface area contributed by atoms with Crippen LogP contribution in [0, 0.1) is 5.82 Å². The lowest BCUT2D eigenvalue weighted by Gasteiger charge is -2.09. The smallest absolute Gasteiger partial charge is 0.242 e. The van der Waals surface area contributed by atoms with E-state index in [0.717, 1.165) is 18.2 Å². The molecule has 1 aromatic carbocycles. The summed E-state index contributed by atoms with van der Waals surface area (Å²) in [6.07, 6.45) is 0.518. The summed E-state index contributed by atoms with van der Waals surface area (Å²) < 4.78 is 49.1. The van der Waals surface area contributed by atoms with E-state index in [2.05, 4.69) is 4.72 Å². The van der Waals surface area contributed by atoms with Gasteiger partial charge in [-0.05, 0) is 24.6 Å². The molecule has 0 bridgehead atoms. The van der Waals surface area contributed by atoms with Crippen molar-refractivity contribution in [3.8, 4) is 0 Å². The molecule has 8 heteroatoms. The number of nitrogens with one attached hydrogen (secondary N) is 1. The van der Waals surface area contributed by atoms with Gasteiger partial charge in [-0.15, -0.1) is 0 Å². The Kier molecular flexibility index (Phi) is 6.86. The molecule has 0 aliphatic heterocycles. The monoisotopic (exact) mass is 306 g/mol. The lowest BCUT2D eigenvalue weighted by atomic mass is 10.3. The van der Waals surface area contributed by atoms with Gasteiger partial charge in [-0.2, -0.15) is 0 Å². The molecule has 6 nitrogen and oxygen atoms in total. The fourth-order valence-electron chi connectivity index (χ4n) is 1.47. The second kappa shape index (κ2) is 8.15. The minimum Gasteiger partial charge on any atom is -0.398 e. The van der Waals surface area contributed by atoms with Crippen LogP contribution in [0.3, 0.4) is 0 Å². The number of hydrogen-bond acceptors (Lipinski definition) is 5. The minimum atomic E-state index is -3.73. The van der Waals surface area contributed by atoms with E-state index in [-0.39, 0.29) is 17.1 Å². The molecule has 0 aliphatic rings. The Hall–Kier alpha value is -1.22. The molecule has 0 heterocycles. The van der Waals surface area contributed by atoms with Crippen LogP contribution < -0.4 is 10.5 Å². The zero-order valence-electron chi connectivity index (χ0n) is 11.3. The maximum absolute atomic E-state index is 12.9. The molecule has 20 heavy (non-hydrogen) atoms. The zero-order chi connectivity index (χ0) is 15.0. The highest BCUT2D eigenvalue weighted by Gasteiger charge is 2.16. The number of nitrogen functional groups attached to an aromatic ring is 1. The van der Waals surface area contributed by atoms with Gasteiger partial charge in [0.2, 0.25) is 10.0 Å². The summed E-state index contributed by atoms with van der Waals surface area (Å²) in [5, 5.41) is 0. The summed E-state index contributed by atoms with van der Waals surface area (Å²) in [5.74, 6) is -0.576. The van der Waals surface area contributed by atoms with Gasteiger partial charge < -0.3 is 15.2 Å². The van der Waals surface area contributed by atoms with Gasteiger partial charge in [-0.3, -0.25) is 0 Å². The van der Waals surface area contributed by atoms with Crippen LogP contribution in [-0.4, -0.2) is 41.9 Å². The highest BCUT2D eigenvalue weighted by Crippen LogP contribution is 2.18. The molecule has 3 N–H and O–H groups in total. The molecule has 0 aromatic heterocycles. The first-order valence-corrected chi connectivity index (χ1v) is 7.57. The predicted molar refractivity (Wildman–Crippen MR) is 73.3 cm³/mol. The van der Waals surface area contributed by atoms with Crippen LogP contribution in [0.1, 0.15) is 6.42 Å². The standard InChI is InChI=1S/C12H19FN2O4S/c1-18-7-8-19-6-2-5-15-20(16,17)12-4-3-10(13)9-11(12)14/h3-4,9,15H,2,5-8,14H2,1H3. The van der Waals surface area contributed by atoms with Crippen LogP contribution in [0.2, 0.25) is 0 Å². The van der Waals surface area contributed by atoms with Crippen LogP contribution in [0.15, 0.2) is 23.1 Å². The SMILES string of the molecule is COCCOCCCNS(=O)(=O)c1ccc(F)cc1N. The van der Waals surface area contributed by atoms with E-state index in [1.165, 1.54) is 0 Å². The van der Waals surface area contributed by atoms with Crippen LogP contribution in [-0.2, 0) is 19.5 Å². The summed E-state index contributed by atoms with van der Waals surface area (Å²) in [4.78, 5) is -0.126. The Morgan fingerprint density at radius 3 is 2.70 bits per heavy atom. The average Bonchev–Trinajstić information content (AvgIpc) is 2.37. The average molecular weight is 306 g/mol. The van der Waals surface area contributed by atoms with Crippen molar-refractivity contribution in [1.82, 2.24) is 4.72 Å². The Balaban J connectivity index is 2.42. The van der Waals surface area contributed by atoms with Gasteiger partial charge in [0.15, 0.2) is 0 Å². The van der Waals surface area contributed by atoms with Gasteiger partial charge in [-0.1, -0.05) is 0 Å². The summed E-state index contributed by atoms with van der Waals surface area (Å²) in [7, 11) is -2.15. The number of benzene rings is 1. The molecule has 0 unspecified atom stereocenters. The van der Waals surface area contributed by atoms with Crippen LogP contribution in [0.5, 0.6) is 0 Å².